The third kappa shape index (κ3) is 3.46. The first-order chi connectivity index (χ1) is 9.24. The second kappa shape index (κ2) is 6.55. The highest BCUT2D eigenvalue weighted by Crippen LogP contribution is 2.23. The lowest BCUT2D eigenvalue weighted by Gasteiger charge is -2.10. The van der Waals surface area contributed by atoms with E-state index in [1.54, 1.807) is 6.20 Å². The Kier molecular flexibility index (Phi) is 4.77. The van der Waals surface area contributed by atoms with Crippen molar-refractivity contribution < 1.29 is 4.74 Å². The van der Waals surface area contributed by atoms with Crippen LogP contribution in [0, 0.1) is 0 Å². The minimum atomic E-state index is 0.417. The largest absolute Gasteiger partial charge is 0.489 e. The number of halogens is 1. The molecule has 0 amide bonds. The predicted octanol–water partition coefficient (Wildman–Crippen LogP) is 3.34. The van der Waals surface area contributed by atoms with Gasteiger partial charge in [0.15, 0.2) is 0 Å². The van der Waals surface area contributed by atoms with Gasteiger partial charge in [0, 0.05) is 23.3 Å². The van der Waals surface area contributed by atoms with E-state index in [4.69, 9.17) is 22.1 Å². The number of benzene rings is 1. The molecule has 0 radical (unpaired) electrons. The van der Waals surface area contributed by atoms with Gasteiger partial charge in [-0.1, -0.05) is 24.6 Å². The van der Waals surface area contributed by atoms with Crippen molar-refractivity contribution in [3.05, 3.63) is 58.4 Å². The van der Waals surface area contributed by atoms with Gasteiger partial charge in [-0.2, -0.15) is 0 Å². The molecule has 19 heavy (non-hydrogen) atoms. The molecule has 0 saturated carbocycles. The molecule has 0 unspecified atom stereocenters. The molecule has 1 aromatic carbocycles. The number of hydrogen-bond donors (Lipinski definition) is 1. The number of nitrogens with zero attached hydrogens (tertiary/aromatic N) is 1. The van der Waals surface area contributed by atoms with E-state index in [0.29, 0.717) is 13.2 Å². The summed E-state index contributed by atoms with van der Waals surface area (Å²) in [6.07, 6.45) is 2.63. The highest BCUT2D eigenvalue weighted by Gasteiger charge is 2.04. The molecule has 1 heterocycles. The Balaban J connectivity index is 2.10. The van der Waals surface area contributed by atoms with Crippen molar-refractivity contribution in [2.24, 2.45) is 5.73 Å². The minimum Gasteiger partial charge on any atom is -0.489 e. The first kappa shape index (κ1) is 13.8. The lowest BCUT2D eigenvalue weighted by atomic mass is 10.1. The molecular formula is C15H17ClN2O. The molecule has 100 valence electrons. The minimum absolute atomic E-state index is 0.417. The van der Waals surface area contributed by atoms with Crippen LogP contribution in [0.4, 0.5) is 0 Å². The predicted molar refractivity (Wildman–Crippen MR) is 77.3 cm³/mol. The third-order valence-electron chi connectivity index (χ3n) is 2.97. The second-order valence-corrected chi connectivity index (χ2v) is 4.62. The second-order valence-electron chi connectivity index (χ2n) is 4.21. The smallest absolute Gasteiger partial charge is 0.120 e. The van der Waals surface area contributed by atoms with Gasteiger partial charge in [0.2, 0.25) is 0 Å². The molecule has 0 saturated heterocycles. The van der Waals surface area contributed by atoms with Gasteiger partial charge < -0.3 is 10.5 Å². The standard InChI is InChI=1S/C15H17ClN2O/c1-2-11-8-13(5-6-14(11)16)19-10-12-4-3-7-18-15(12)9-17/h3-8H,2,9-10,17H2,1H3. The summed E-state index contributed by atoms with van der Waals surface area (Å²) < 4.78 is 5.78. The highest BCUT2D eigenvalue weighted by atomic mass is 35.5. The van der Waals surface area contributed by atoms with E-state index in [1.165, 1.54) is 0 Å². The topological polar surface area (TPSA) is 48.1 Å². The summed E-state index contributed by atoms with van der Waals surface area (Å²) in [6, 6.07) is 9.58. The molecular weight excluding hydrogens is 260 g/mol. The molecule has 0 aliphatic rings. The van der Waals surface area contributed by atoms with Crippen LogP contribution in [-0.4, -0.2) is 4.98 Å². The van der Waals surface area contributed by atoms with Crippen LogP contribution in [0.3, 0.4) is 0 Å². The normalized spacial score (nSPS) is 10.5. The van der Waals surface area contributed by atoms with Crippen LogP contribution in [-0.2, 0) is 19.6 Å². The van der Waals surface area contributed by atoms with Crippen LogP contribution in [0.25, 0.3) is 0 Å². The van der Waals surface area contributed by atoms with Crippen molar-refractivity contribution in [1.82, 2.24) is 4.98 Å². The van der Waals surface area contributed by atoms with Crippen LogP contribution >= 0.6 is 11.6 Å². The van der Waals surface area contributed by atoms with E-state index in [0.717, 1.165) is 34.0 Å². The summed E-state index contributed by atoms with van der Waals surface area (Å²) in [5, 5.41) is 0.777. The molecule has 2 N–H and O–H groups in total. The molecule has 0 spiro atoms. The number of rotatable bonds is 5. The molecule has 0 bridgehead atoms. The summed E-state index contributed by atoms with van der Waals surface area (Å²) in [5.41, 5.74) is 8.62. The maximum Gasteiger partial charge on any atom is 0.120 e. The molecule has 2 rings (SSSR count). The van der Waals surface area contributed by atoms with Crippen LogP contribution in [0.1, 0.15) is 23.7 Å². The Bertz CT molecular complexity index is 558. The van der Waals surface area contributed by atoms with E-state index >= 15 is 0 Å². The van der Waals surface area contributed by atoms with E-state index in [-0.39, 0.29) is 0 Å². The zero-order chi connectivity index (χ0) is 13.7. The molecule has 2 aromatic rings. The quantitative estimate of drug-likeness (QED) is 0.911. The van der Waals surface area contributed by atoms with Gasteiger partial charge in [0.25, 0.3) is 0 Å². The Hall–Kier alpha value is -1.58. The zero-order valence-electron chi connectivity index (χ0n) is 10.9. The Morgan fingerprint density at radius 1 is 1.26 bits per heavy atom. The lowest BCUT2D eigenvalue weighted by Crippen LogP contribution is -2.06. The van der Waals surface area contributed by atoms with Crippen molar-refractivity contribution in [1.29, 1.82) is 0 Å². The van der Waals surface area contributed by atoms with Crippen molar-refractivity contribution >= 4 is 11.6 Å². The fourth-order valence-electron chi connectivity index (χ4n) is 1.86. The summed E-state index contributed by atoms with van der Waals surface area (Å²) in [4.78, 5) is 4.23. The first-order valence-electron chi connectivity index (χ1n) is 6.28. The van der Waals surface area contributed by atoms with Crippen molar-refractivity contribution in [3.63, 3.8) is 0 Å². The molecule has 3 nitrogen and oxygen atoms in total. The number of aryl methyl sites for hydroxylation is 1. The fraction of sp³-hybridized carbons (Fsp3) is 0.267. The van der Waals surface area contributed by atoms with Crippen LogP contribution in [0.5, 0.6) is 5.75 Å². The van der Waals surface area contributed by atoms with Crippen molar-refractivity contribution in [3.8, 4) is 5.75 Å². The number of hydrogen-bond acceptors (Lipinski definition) is 3. The van der Waals surface area contributed by atoms with E-state index in [1.807, 2.05) is 30.3 Å². The average Bonchev–Trinajstić information content (AvgIpc) is 2.46. The maximum absolute atomic E-state index is 6.08. The number of aromatic nitrogens is 1. The number of ether oxygens (including phenoxy) is 1. The molecule has 0 atom stereocenters. The molecule has 1 aromatic heterocycles. The lowest BCUT2D eigenvalue weighted by molar-refractivity contribution is 0.304. The number of pyridine rings is 1. The van der Waals surface area contributed by atoms with Gasteiger partial charge in [-0.3, -0.25) is 4.98 Å². The molecule has 0 fully saturated rings. The summed E-state index contributed by atoms with van der Waals surface area (Å²) in [5.74, 6) is 0.813. The van der Waals surface area contributed by atoms with Crippen molar-refractivity contribution in [2.45, 2.75) is 26.5 Å². The molecule has 0 aliphatic heterocycles. The third-order valence-corrected chi connectivity index (χ3v) is 3.34. The van der Waals surface area contributed by atoms with Crippen LogP contribution in [0.15, 0.2) is 36.5 Å². The molecule has 0 aliphatic carbocycles. The SMILES string of the molecule is CCc1cc(OCc2cccnc2CN)ccc1Cl. The van der Waals surface area contributed by atoms with Gasteiger partial charge in [0.1, 0.15) is 12.4 Å². The van der Waals surface area contributed by atoms with E-state index in [2.05, 4.69) is 11.9 Å². The Morgan fingerprint density at radius 2 is 2.11 bits per heavy atom. The van der Waals surface area contributed by atoms with Gasteiger partial charge in [0.05, 0.1) is 5.69 Å². The number of nitrogens with two attached hydrogens (primary N) is 1. The monoisotopic (exact) mass is 276 g/mol. The van der Waals surface area contributed by atoms with Crippen molar-refractivity contribution in [2.75, 3.05) is 0 Å². The Morgan fingerprint density at radius 3 is 2.84 bits per heavy atom. The summed E-state index contributed by atoms with van der Waals surface area (Å²) in [6.45, 7) is 2.95. The van der Waals surface area contributed by atoms with Gasteiger partial charge in [-0.25, -0.2) is 0 Å². The van der Waals surface area contributed by atoms with Crippen LogP contribution in [0.2, 0.25) is 5.02 Å². The Labute approximate surface area is 118 Å². The maximum atomic E-state index is 6.08. The van der Waals surface area contributed by atoms with Gasteiger partial charge >= 0.3 is 0 Å². The van der Waals surface area contributed by atoms with Gasteiger partial charge in [-0.15, -0.1) is 0 Å². The van der Waals surface area contributed by atoms with E-state index < -0.39 is 0 Å². The average molecular weight is 277 g/mol. The van der Waals surface area contributed by atoms with Crippen LogP contribution < -0.4 is 10.5 Å². The summed E-state index contributed by atoms with van der Waals surface area (Å²) >= 11 is 6.08. The van der Waals surface area contributed by atoms with Gasteiger partial charge in [-0.05, 0) is 36.2 Å². The summed E-state index contributed by atoms with van der Waals surface area (Å²) in [7, 11) is 0. The molecule has 4 heteroatoms. The zero-order valence-corrected chi connectivity index (χ0v) is 11.7. The highest BCUT2D eigenvalue weighted by molar-refractivity contribution is 6.31. The first-order valence-corrected chi connectivity index (χ1v) is 6.66. The van der Waals surface area contributed by atoms with E-state index in [9.17, 15) is 0 Å². The fourth-order valence-corrected chi connectivity index (χ4v) is 2.11.